The Morgan fingerprint density at radius 1 is 1.13 bits per heavy atom. The highest BCUT2D eigenvalue weighted by molar-refractivity contribution is 5.95. The number of hydrogen-bond donors (Lipinski definition) is 0. The Kier molecular flexibility index (Phi) is 6.29. The standard InChI is InChI=1S/C23H26F3N3O2/c1-16-14-29(22(30)21-18(25)4-2-5-19(21)26)15-23(31-16)8-12-28(13-9-23)11-7-20-17(24)6-3-10-27-20/h2-6,10,16H,7-9,11-15H2,1H3/t16-/m0/s1. The van der Waals surface area contributed by atoms with Crippen molar-refractivity contribution in [2.45, 2.75) is 37.9 Å². The zero-order valence-corrected chi connectivity index (χ0v) is 17.5. The van der Waals surface area contributed by atoms with E-state index in [0.717, 1.165) is 25.2 Å². The van der Waals surface area contributed by atoms with Crippen LogP contribution in [-0.4, -0.2) is 65.1 Å². The molecule has 3 heterocycles. The average molecular weight is 433 g/mol. The van der Waals surface area contributed by atoms with Crippen molar-refractivity contribution in [1.82, 2.24) is 14.8 Å². The maximum absolute atomic E-state index is 14.1. The van der Waals surface area contributed by atoms with Crippen LogP contribution in [0.1, 0.15) is 35.8 Å². The number of morpholine rings is 1. The fourth-order valence-corrected chi connectivity index (χ4v) is 4.57. The number of benzene rings is 1. The number of hydrogen-bond acceptors (Lipinski definition) is 4. The number of piperidine rings is 1. The number of carbonyl (C=O) groups is 1. The van der Waals surface area contributed by atoms with Crippen LogP contribution in [0.2, 0.25) is 0 Å². The Bertz CT molecular complexity index is 927. The van der Waals surface area contributed by atoms with E-state index in [9.17, 15) is 18.0 Å². The third-order valence-electron chi connectivity index (χ3n) is 6.14. The van der Waals surface area contributed by atoms with Crippen molar-refractivity contribution in [2.24, 2.45) is 0 Å². The molecule has 1 atom stereocenters. The average Bonchev–Trinajstić information content (AvgIpc) is 2.74. The lowest BCUT2D eigenvalue weighted by Crippen LogP contribution is -2.60. The Balaban J connectivity index is 1.39. The summed E-state index contributed by atoms with van der Waals surface area (Å²) in [7, 11) is 0. The molecular weight excluding hydrogens is 407 g/mol. The van der Waals surface area contributed by atoms with Crippen LogP contribution in [0.3, 0.4) is 0 Å². The van der Waals surface area contributed by atoms with Gasteiger partial charge in [-0.1, -0.05) is 6.07 Å². The van der Waals surface area contributed by atoms with Gasteiger partial charge in [-0.05, 0) is 44.0 Å². The van der Waals surface area contributed by atoms with Crippen molar-refractivity contribution in [3.8, 4) is 0 Å². The highest BCUT2D eigenvalue weighted by atomic mass is 19.1. The fraction of sp³-hybridized carbons (Fsp3) is 0.478. The molecule has 31 heavy (non-hydrogen) atoms. The van der Waals surface area contributed by atoms with E-state index < -0.39 is 28.7 Å². The van der Waals surface area contributed by atoms with Crippen molar-refractivity contribution in [3.05, 3.63) is 65.2 Å². The van der Waals surface area contributed by atoms with Gasteiger partial charge in [-0.2, -0.15) is 0 Å². The molecule has 0 aliphatic carbocycles. The molecule has 1 aromatic carbocycles. The summed E-state index contributed by atoms with van der Waals surface area (Å²) < 4.78 is 48.3. The molecule has 2 saturated heterocycles. The highest BCUT2D eigenvalue weighted by Gasteiger charge is 2.43. The topological polar surface area (TPSA) is 45.7 Å². The molecule has 1 aromatic heterocycles. The van der Waals surface area contributed by atoms with E-state index in [4.69, 9.17) is 4.74 Å². The molecule has 166 valence electrons. The van der Waals surface area contributed by atoms with E-state index in [2.05, 4.69) is 9.88 Å². The number of likely N-dealkylation sites (tertiary alicyclic amines) is 1. The number of nitrogens with zero attached hydrogens (tertiary/aromatic N) is 3. The van der Waals surface area contributed by atoms with Crippen LogP contribution in [0.5, 0.6) is 0 Å². The molecule has 2 aliphatic heterocycles. The summed E-state index contributed by atoms with van der Waals surface area (Å²) >= 11 is 0. The number of halogens is 3. The minimum atomic E-state index is -0.852. The number of amides is 1. The summed E-state index contributed by atoms with van der Waals surface area (Å²) in [6, 6.07) is 6.43. The largest absolute Gasteiger partial charge is 0.368 e. The van der Waals surface area contributed by atoms with Gasteiger partial charge < -0.3 is 14.5 Å². The van der Waals surface area contributed by atoms with Crippen molar-refractivity contribution in [3.63, 3.8) is 0 Å². The molecule has 5 nitrogen and oxygen atoms in total. The second kappa shape index (κ2) is 8.96. The minimum absolute atomic E-state index is 0.235. The lowest BCUT2D eigenvalue weighted by Gasteiger charge is -2.49. The van der Waals surface area contributed by atoms with Gasteiger partial charge in [-0.3, -0.25) is 9.78 Å². The smallest absolute Gasteiger partial charge is 0.260 e. The van der Waals surface area contributed by atoms with Gasteiger partial charge in [0.2, 0.25) is 0 Å². The molecule has 2 aliphatic rings. The third kappa shape index (κ3) is 4.75. The van der Waals surface area contributed by atoms with E-state index in [1.807, 2.05) is 6.92 Å². The van der Waals surface area contributed by atoms with Gasteiger partial charge in [0, 0.05) is 38.8 Å². The van der Waals surface area contributed by atoms with Crippen LogP contribution in [0.15, 0.2) is 36.5 Å². The van der Waals surface area contributed by atoms with Crippen molar-refractivity contribution >= 4 is 5.91 Å². The van der Waals surface area contributed by atoms with Gasteiger partial charge in [0.15, 0.2) is 0 Å². The lowest BCUT2D eigenvalue weighted by molar-refractivity contribution is -0.161. The fourth-order valence-electron chi connectivity index (χ4n) is 4.57. The number of rotatable bonds is 4. The van der Waals surface area contributed by atoms with Gasteiger partial charge in [0.1, 0.15) is 23.0 Å². The van der Waals surface area contributed by atoms with Gasteiger partial charge >= 0.3 is 0 Å². The zero-order chi connectivity index (χ0) is 22.0. The molecule has 2 aromatic rings. The first-order valence-electron chi connectivity index (χ1n) is 10.6. The first-order valence-corrected chi connectivity index (χ1v) is 10.6. The second-order valence-electron chi connectivity index (χ2n) is 8.42. The molecule has 0 saturated carbocycles. The third-order valence-corrected chi connectivity index (χ3v) is 6.14. The summed E-state index contributed by atoms with van der Waals surface area (Å²) in [5.41, 5.74) is -0.600. The number of carbonyl (C=O) groups excluding carboxylic acids is 1. The first-order chi connectivity index (χ1) is 14.9. The van der Waals surface area contributed by atoms with Gasteiger partial charge in [-0.25, -0.2) is 13.2 Å². The predicted molar refractivity (Wildman–Crippen MR) is 109 cm³/mol. The summed E-state index contributed by atoms with van der Waals surface area (Å²) in [5.74, 6) is -2.64. The van der Waals surface area contributed by atoms with Gasteiger partial charge in [0.25, 0.3) is 5.91 Å². The van der Waals surface area contributed by atoms with E-state index in [0.29, 0.717) is 38.0 Å². The maximum Gasteiger partial charge on any atom is 0.260 e. The minimum Gasteiger partial charge on any atom is -0.368 e. The quantitative estimate of drug-likeness (QED) is 0.741. The molecule has 0 unspecified atom stereocenters. The molecule has 2 fully saturated rings. The normalized spacial score (nSPS) is 21.4. The molecule has 8 heteroatoms. The second-order valence-corrected chi connectivity index (χ2v) is 8.42. The van der Waals surface area contributed by atoms with Crippen molar-refractivity contribution in [1.29, 1.82) is 0 Å². The van der Waals surface area contributed by atoms with E-state index in [1.165, 1.54) is 17.0 Å². The van der Waals surface area contributed by atoms with Crippen molar-refractivity contribution in [2.75, 3.05) is 32.7 Å². The van der Waals surface area contributed by atoms with Crippen LogP contribution >= 0.6 is 0 Å². The maximum atomic E-state index is 14.1. The van der Waals surface area contributed by atoms with Crippen LogP contribution in [0, 0.1) is 17.5 Å². The molecule has 0 radical (unpaired) electrons. The summed E-state index contributed by atoms with van der Waals surface area (Å²) in [4.78, 5) is 20.7. The summed E-state index contributed by atoms with van der Waals surface area (Å²) in [6.45, 7) is 4.61. The Hall–Kier alpha value is -2.45. The number of ether oxygens (including phenoxy) is 1. The molecule has 1 spiro atoms. The summed E-state index contributed by atoms with van der Waals surface area (Å²) in [5, 5.41) is 0. The Morgan fingerprint density at radius 3 is 2.48 bits per heavy atom. The summed E-state index contributed by atoms with van der Waals surface area (Å²) in [6.07, 6.45) is 3.25. The SMILES string of the molecule is C[C@H]1CN(C(=O)c2c(F)cccc2F)CC2(CCN(CCc3ncccc3F)CC2)O1. The molecule has 4 rings (SSSR count). The van der Waals surface area contributed by atoms with Gasteiger partial charge in [-0.15, -0.1) is 0 Å². The zero-order valence-electron chi connectivity index (χ0n) is 17.5. The van der Waals surface area contributed by atoms with E-state index in [-0.39, 0.29) is 18.5 Å². The highest BCUT2D eigenvalue weighted by Crippen LogP contribution is 2.33. The lowest BCUT2D eigenvalue weighted by atomic mass is 9.88. The van der Waals surface area contributed by atoms with E-state index >= 15 is 0 Å². The molecule has 0 bridgehead atoms. The van der Waals surface area contributed by atoms with Gasteiger partial charge in [0.05, 0.1) is 23.9 Å². The first kappa shape index (κ1) is 21.8. The Morgan fingerprint density at radius 2 is 1.81 bits per heavy atom. The van der Waals surface area contributed by atoms with Crippen LogP contribution in [-0.2, 0) is 11.2 Å². The Labute approximate surface area is 179 Å². The van der Waals surface area contributed by atoms with E-state index in [1.54, 1.807) is 12.3 Å². The van der Waals surface area contributed by atoms with Crippen LogP contribution in [0.4, 0.5) is 13.2 Å². The van der Waals surface area contributed by atoms with Crippen LogP contribution < -0.4 is 0 Å². The van der Waals surface area contributed by atoms with Crippen LogP contribution in [0.25, 0.3) is 0 Å². The number of aromatic nitrogens is 1. The molecular formula is C23H26F3N3O2. The molecule has 1 amide bonds. The molecule has 0 N–H and O–H groups in total. The van der Waals surface area contributed by atoms with Crippen molar-refractivity contribution < 1.29 is 22.7 Å². The number of pyridine rings is 1. The monoisotopic (exact) mass is 433 g/mol. The predicted octanol–water partition coefficient (Wildman–Crippen LogP) is 3.44.